The first-order chi connectivity index (χ1) is 11.5. The van der Waals surface area contributed by atoms with E-state index in [2.05, 4.69) is 5.32 Å². The van der Waals surface area contributed by atoms with Gasteiger partial charge in [0.1, 0.15) is 11.6 Å². The second kappa shape index (κ2) is 7.22. The minimum Gasteiger partial charge on any atom is -0.426 e. The maximum atomic E-state index is 14.6. The fourth-order valence-corrected chi connectivity index (χ4v) is 4.58. The lowest BCUT2D eigenvalue weighted by Crippen LogP contribution is -2.34. The maximum absolute atomic E-state index is 14.6. The standard InChI is InChI=1S/C20H28FNO2/c1-12(2)20(23)24-15-6-7-19(21)17(10-15)16-9-13-4-5-14(8-13)18(16)11-22-3/h6-7,10,12-14,16,18,22H,4-5,8-9,11H2,1-3H3/t13-,14?,16?,18?/m1/s1. The molecule has 0 aromatic heterocycles. The molecule has 1 N–H and O–H groups in total. The average molecular weight is 333 g/mol. The SMILES string of the molecule is CNCC1C2CC[C@H](C2)CC1c1cc(OC(=O)C(C)C)ccc1F. The normalized spacial score (nSPS) is 29.0. The van der Waals surface area contributed by atoms with E-state index in [1.54, 1.807) is 26.0 Å². The molecule has 3 rings (SSSR count). The third-order valence-corrected chi connectivity index (χ3v) is 5.79. The molecule has 0 amide bonds. The van der Waals surface area contributed by atoms with Crippen molar-refractivity contribution in [1.82, 2.24) is 5.32 Å². The van der Waals surface area contributed by atoms with Crippen molar-refractivity contribution in [3.05, 3.63) is 29.6 Å². The third-order valence-electron chi connectivity index (χ3n) is 5.79. The second-order valence-electron chi connectivity index (χ2n) is 7.76. The summed E-state index contributed by atoms with van der Waals surface area (Å²) in [6.07, 6.45) is 4.86. The minimum atomic E-state index is -0.275. The Morgan fingerprint density at radius 1 is 1.33 bits per heavy atom. The first-order valence-electron chi connectivity index (χ1n) is 9.15. The molecule has 1 aromatic rings. The molecule has 2 saturated carbocycles. The van der Waals surface area contributed by atoms with Crippen LogP contribution in [0.3, 0.4) is 0 Å². The molecule has 1 aromatic carbocycles. The summed E-state index contributed by atoms with van der Waals surface area (Å²) in [5.74, 6) is 1.89. The zero-order valence-corrected chi connectivity index (χ0v) is 14.8. The first kappa shape index (κ1) is 17.4. The summed E-state index contributed by atoms with van der Waals surface area (Å²) < 4.78 is 20.0. The summed E-state index contributed by atoms with van der Waals surface area (Å²) >= 11 is 0. The Kier molecular flexibility index (Phi) is 5.24. The van der Waals surface area contributed by atoms with Crippen LogP contribution in [0.4, 0.5) is 4.39 Å². The molecule has 2 aliphatic carbocycles. The second-order valence-corrected chi connectivity index (χ2v) is 7.76. The number of fused-ring (bicyclic) bond motifs is 2. The van der Waals surface area contributed by atoms with Crippen LogP contribution in [0.15, 0.2) is 18.2 Å². The molecular formula is C20H28FNO2. The third kappa shape index (κ3) is 3.49. The van der Waals surface area contributed by atoms with Gasteiger partial charge < -0.3 is 10.1 Å². The Morgan fingerprint density at radius 2 is 2.12 bits per heavy atom. The van der Waals surface area contributed by atoms with Gasteiger partial charge in [-0.25, -0.2) is 4.39 Å². The van der Waals surface area contributed by atoms with E-state index in [9.17, 15) is 9.18 Å². The number of hydrogen-bond acceptors (Lipinski definition) is 3. The van der Waals surface area contributed by atoms with Crippen molar-refractivity contribution in [2.24, 2.45) is 23.7 Å². The van der Waals surface area contributed by atoms with Gasteiger partial charge in [-0.15, -0.1) is 0 Å². The van der Waals surface area contributed by atoms with Gasteiger partial charge in [0.05, 0.1) is 5.92 Å². The fourth-order valence-electron chi connectivity index (χ4n) is 4.58. The fraction of sp³-hybridized carbons (Fsp3) is 0.650. The van der Waals surface area contributed by atoms with Gasteiger partial charge in [0.15, 0.2) is 0 Å². The van der Waals surface area contributed by atoms with Crippen LogP contribution >= 0.6 is 0 Å². The van der Waals surface area contributed by atoms with Crippen LogP contribution in [0, 0.1) is 29.5 Å². The highest BCUT2D eigenvalue weighted by Gasteiger charge is 2.42. The van der Waals surface area contributed by atoms with Crippen molar-refractivity contribution in [3.8, 4) is 5.75 Å². The van der Waals surface area contributed by atoms with Gasteiger partial charge in [0.25, 0.3) is 0 Å². The summed E-state index contributed by atoms with van der Waals surface area (Å²) in [6.45, 7) is 4.51. The van der Waals surface area contributed by atoms with Crippen molar-refractivity contribution >= 4 is 5.97 Å². The van der Waals surface area contributed by atoms with Gasteiger partial charge in [0.2, 0.25) is 0 Å². The average Bonchev–Trinajstić information content (AvgIpc) is 2.94. The molecule has 132 valence electrons. The Morgan fingerprint density at radius 3 is 2.83 bits per heavy atom. The van der Waals surface area contributed by atoms with Gasteiger partial charge in [-0.3, -0.25) is 4.79 Å². The highest BCUT2D eigenvalue weighted by molar-refractivity contribution is 5.74. The van der Waals surface area contributed by atoms with Crippen LogP contribution in [0.1, 0.15) is 51.0 Å². The number of halogens is 1. The minimum absolute atomic E-state index is 0.174. The first-order valence-corrected chi connectivity index (χ1v) is 9.15. The van der Waals surface area contributed by atoms with Gasteiger partial charge in [-0.2, -0.15) is 0 Å². The van der Waals surface area contributed by atoms with Crippen LogP contribution in [-0.4, -0.2) is 19.6 Å². The lowest BCUT2D eigenvalue weighted by Gasteiger charge is -2.37. The summed E-state index contributed by atoms with van der Waals surface area (Å²) in [4.78, 5) is 11.8. The Balaban J connectivity index is 1.87. The van der Waals surface area contributed by atoms with E-state index in [4.69, 9.17) is 4.74 Å². The van der Waals surface area contributed by atoms with E-state index in [0.717, 1.165) is 24.4 Å². The number of ether oxygens (including phenoxy) is 1. The molecule has 0 aliphatic heterocycles. The maximum Gasteiger partial charge on any atom is 0.313 e. The molecule has 4 heteroatoms. The van der Waals surface area contributed by atoms with Gasteiger partial charge in [0, 0.05) is 0 Å². The number of nitrogens with one attached hydrogen (secondary N) is 1. The van der Waals surface area contributed by atoms with E-state index >= 15 is 0 Å². The van der Waals surface area contributed by atoms with Crippen molar-refractivity contribution < 1.29 is 13.9 Å². The van der Waals surface area contributed by atoms with Crippen LogP contribution < -0.4 is 10.1 Å². The van der Waals surface area contributed by atoms with Crippen LogP contribution in [-0.2, 0) is 4.79 Å². The van der Waals surface area contributed by atoms with E-state index in [-0.39, 0.29) is 23.6 Å². The monoisotopic (exact) mass is 333 g/mol. The van der Waals surface area contributed by atoms with E-state index in [0.29, 0.717) is 17.6 Å². The van der Waals surface area contributed by atoms with Crippen LogP contribution in [0.25, 0.3) is 0 Å². The predicted octanol–water partition coefficient (Wildman–Crippen LogP) is 4.13. The zero-order chi connectivity index (χ0) is 17.3. The molecule has 4 atom stereocenters. The van der Waals surface area contributed by atoms with Gasteiger partial charge >= 0.3 is 5.97 Å². The molecule has 0 heterocycles. The summed E-state index contributed by atoms with van der Waals surface area (Å²) in [5, 5.41) is 3.29. The summed E-state index contributed by atoms with van der Waals surface area (Å²) in [6, 6.07) is 4.77. The number of benzene rings is 1. The molecule has 24 heavy (non-hydrogen) atoms. The van der Waals surface area contributed by atoms with E-state index in [1.165, 1.54) is 25.3 Å². The highest BCUT2D eigenvalue weighted by Crippen LogP contribution is 2.52. The molecule has 0 saturated heterocycles. The molecule has 2 aliphatic rings. The van der Waals surface area contributed by atoms with Crippen LogP contribution in [0.2, 0.25) is 0 Å². The molecular weight excluding hydrogens is 305 g/mol. The molecule has 0 radical (unpaired) electrons. The lowest BCUT2D eigenvalue weighted by atomic mass is 9.69. The van der Waals surface area contributed by atoms with Gasteiger partial charge in [-0.05, 0) is 80.3 Å². The molecule has 2 bridgehead atoms. The van der Waals surface area contributed by atoms with E-state index in [1.807, 2.05) is 7.05 Å². The number of carbonyl (C=O) groups excluding carboxylic acids is 1. The quantitative estimate of drug-likeness (QED) is 0.650. The largest absolute Gasteiger partial charge is 0.426 e. The summed E-state index contributed by atoms with van der Waals surface area (Å²) in [7, 11) is 1.97. The van der Waals surface area contributed by atoms with Crippen molar-refractivity contribution in [2.45, 2.75) is 45.4 Å². The Hall–Kier alpha value is -1.42. The topological polar surface area (TPSA) is 38.3 Å². The van der Waals surface area contributed by atoms with Gasteiger partial charge in [-0.1, -0.05) is 20.3 Å². The Bertz CT molecular complexity index is 601. The lowest BCUT2D eigenvalue weighted by molar-refractivity contribution is -0.137. The number of carbonyl (C=O) groups is 1. The highest BCUT2D eigenvalue weighted by atomic mass is 19.1. The van der Waals surface area contributed by atoms with Crippen LogP contribution in [0.5, 0.6) is 5.75 Å². The molecule has 0 spiro atoms. The Labute approximate surface area is 144 Å². The molecule has 3 unspecified atom stereocenters. The van der Waals surface area contributed by atoms with Crippen molar-refractivity contribution in [2.75, 3.05) is 13.6 Å². The van der Waals surface area contributed by atoms with Crippen molar-refractivity contribution in [3.63, 3.8) is 0 Å². The predicted molar refractivity (Wildman–Crippen MR) is 92.5 cm³/mol. The molecule has 2 fully saturated rings. The van der Waals surface area contributed by atoms with E-state index < -0.39 is 0 Å². The number of hydrogen-bond donors (Lipinski definition) is 1. The smallest absolute Gasteiger partial charge is 0.313 e. The number of rotatable bonds is 5. The summed E-state index contributed by atoms with van der Waals surface area (Å²) in [5.41, 5.74) is 0.723. The number of esters is 1. The zero-order valence-electron chi connectivity index (χ0n) is 14.8. The van der Waals surface area contributed by atoms with Crippen molar-refractivity contribution in [1.29, 1.82) is 0 Å². The molecule has 3 nitrogen and oxygen atoms in total.